The lowest BCUT2D eigenvalue weighted by Gasteiger charge is -2.34. The molecule has 1 aliphatic rings. The number of guanidine groups is 1. The van der Waals surface area contributed by atoms with E-state index in [1.165, 1.54) is 0 Å². The standard InChI is InChI=1S/C19H34N6O2S/c1-3-5-7-11-22-19(20-4-2)23-12-17-28(26,27)25-15-13-24(14-16-25)18-9-6-8-10-21-18/h6,8-10H,3-5,7,11-17H2,1-2H3,(H2,20,22,23). The van der Waals surface area contributed by atoms with Crippen molar-refractivity contribution in [2.45, 2.75) is 33.1 Å². The predicted octanol–water partition coefficient (Wildman–Crippen LogP) is 1.28. The van der Waals surface area contributed by atoms with Gasteiger partial charge in [0.2, 0.25) is 10.0 Å². The number of hydrogen-bond donors (Lipinski definition) is 2. The summed E-state index contributed by atoms with van der Waals surface area (Å²) in [6.45, 7) is 8.31. The molecule has 0 spiro atoms. The zero-order valence-electron chi connectivity index (χ0n) is 17.1. The van der Waals surface area contributed by atoms with E-state index in [9.17, 15) is 8.42 Å². The second-order valence-electron chi connectivity index (χ2n) is 6.78. The van der Waals surface area contributed by atoms with Crippen LogP contribution in [0, 0.1) is 0 Å². The fourth-order valence-electron chi connectivity index (χ4n) is 3.06. The van der Waals surface area contributed by atoms with E-state index in [0.717, 1.165) is 38.2 Å². The van der Waals surface area contributed by atoms with E-state index in [4.69, 9.17) is 0 Å². The molecule has 0 amide bonds. The highest BCUT2D eigenvalue weighted by molar-refractivity contribution is 7.89. The lowest BCUT2D eigenvalue weighted by molar-refractivity contribution is 0.384. The maximum absolute atomic E-state index is 12.7. The summed E-state index contributed by atoms with van der Waals surface area (Å²) in [6, 6.07) is 5.78. The normalized spacial score (nSPS) is 16.2. The van der Waals surface area contributed by atoms with Crippen LogP contribution >= 0.6 is 0 Å². The van der Waals surface area contributed by atoms with Crippen molar-refractivity contribution in [2.24, 2.45) is 4.99 Å². The molecule has 0 aliphatic carbocycles. The highest BCUT2D eigenvalue weighted by Gasteiger charge is 2.27. The van der Waals surface area contributed by atoms with E-state index >= 15 is 0 Å². The number of hydrogen-bond acceptors (Lipinski definition) is 5. The Bertz CT molecular complexity index is 688. The second kappa shape index (κ2) is 11.9. The zero-order chi connectivity index (χ0) is 20.2. The summed E-state index contributed by atoms with van der Waals surface area (Å²) >= 11 is 0. The monoisotopic (exact) mass is 410 g/mol. The molecule has 0 radical (unpaired) electrons. The number of nitrogens with one attached hydrogen (secondary N) is 2. The van der Waals surface area contributed by atoms with E-state index in [1.807, 2.05) is 25.1 Å². The molecule has 1 aromatic heterocycles. The summed E-state index contributed by atoms with van der Waals surface area (Å²) in [7, 11) is -3.29. The van der Waals surface area contributed by atoms with Crippen molar-refractivity contribution in [3.63, 3.8) is 0 Å². The lowest BCUT2D eigenvalue weighted by Crippen LogP contribution is -2.50. The molecule has 0 bridgehead atoms. The molecule has 2 heterocycles. The highest BCUT2D eigenvalue weighted by atomic mass is 32.2. The first-order chi connectivity index (χ1) is 13.6. The van der Waals surface area contributed by atoms with Gasteiger partial charge < -0.3 is 15.5 Å². The average molecular weight is 411 g/mol. The first-order valence-electron chi connectivity index (χ1n) is 10.2. The predicted molar refractivity (Wildman–Crippen MR) is 115 cm³/mol. The van der Waals surface area contributed by atoms with Crippen LogP contribution in [-0.4, -0.2) is 75.2 Å². The van der Waals surface area contributed by atoms with Crippen molar-refractivity contribution >= 4 is 21.8 Å². The summed E-state index contributed by atoms with van der Waals surface area (Å²) in [5, 5.41) is 6.31. The van der Waals surface area contributed by atoms with Crippen LogP contribution in [0.5, 0.6) is 0 Å². The summed E-state index contributed by atoms with van der Waals surface area (Å²) < 4.78 is 26.9. The summed E-state index contributed by atoms with van der Waals surface area (Å²) in [5.41, 5.74) is 0. The molecular formula is C19H34N6O2S. The molecule has 2 rings (SSSR count). The van der Waals surface area contributed by atoms with Gasteiger partial charge in [0.15, 0.2) is 5.96 Å². The molecule has 8 nitrogen and oxygen atoms in total. The third-order valence-electron chi connectivity index (χ3n) is 4.63. The molecule has 1 aliphatic heterocycles. The minimum absolute atomic E-state index is 0.0654. The number of aromatic nitrogens is 1. The van der Waals surface area contributed by atoms with Crippen molar-refractivity contribution in [2.75, 3.05) is 56.5 Å². The largest absolute Gasteiger partial charge is 0.357 e. The molecule has 1 saturated heterocycles. The van der Waals surface area contributed by atoms with Gasteiger partial charge in [0.25, 0.3) is 0 Å². The summed E-state index contributed by atoms with van der Waals surface area (Å²) in [4.78, 5) is 11.0. The first kappa shape index (κ1) is 22.4. The van der Waals surface area contributed by atoms with Gasteiger partial charge >= 0.3 is 0 Å². The lowest BCUT2D eigenvalue weighted by atomic mass is 10.2. The van der Waals surface area contributed by atoms with Gasteiger partial charge in [-0.1, -0.05) is 25.8 Å². The van der Waals surface area contributed by atoms with Crippen molar-refractivity contribution in [1.29, 1.82) is 0 Å². The smallest absolute Gasteiger partial charge is 0.215 e. The molecule has 1 fully saturated rings. The van der Waals surface area contributed by atoms with Gasteiger partial charge in [-0.2, -0.15) is 4.31 Å². The van der Waals surface area contributed by atoms with E-state index in [0.29, 0.717) is 38.7 Å². The highest BCUT2D eigenvalue weighted by Crippen LogP contribution is 2.14. The third-order valence-corrected chi connectivity index (χ3v) is 6.51. The molecule has 2 N–H and O–H groups in total. The number of rotatable bonds is 10. The number of piperazine rings is 1. The number of anilines is 1. The van der Waals surface area contributed by atoms with E-state index in [1.54, 1.807) is 10.5 Å². The van der Waals surface area contributed by atoms with E-state index in [-0.39, 0.29) is 5.75 Å². The molecule has 0 unspecified atom stereocenters. The Balaban J connectivity index is 1.78. The fourth-order valence-corrected chi connectivity index (χ4v) is 4.40. The van der Waals surface area contributed by atoms with Crippen LogP contribution in [0.15, 0.2) is 29.4 Å². The van der Waals surface area contributed by atoms with Crippen LogP contribution < -0.4 is 15.5 Å². The van der Waals surface area contributed by atoms with Crippen LogP contribution in [-0.2, 0) is 10.0 Å². The number of sulfonamides is 1. The van der Waals surface area contributed by atoms with Crippen LogP contribution in [0.2, 0.25) is 0 Å². The van der Waals surface area contributed by atoms with Crippen molar-refractivity contribution in [1.82, 2.24) is 19.9 Å². The number of unbranched alkanes of at least 4 members (excludes halogenated alkanes) is 2. The van der Waals surface area contributed by atoms with E-state index in [2.05, 4.69) is 32.4 Å². The van der Waals surface area contributed by atoms with Crippen LogP contribution in [0.4, 0.5) is 5.82 Å². The Morgan fingerprint density at radius 1 is 1.14 bits per heavy atom. The quantitative estimate of drug-likeness (QED) is 0.343. The Hall–Kier alpha value is -1.87. The average Bonchev–Trinajstić information content (AvgIpc) is 2.72. The maximum atomic E-state index is 12.7. The number of aliphatic imine (C=N–C) groups is 1. The molecule has 158 valence electrons. The Kier molecular flexibility index (Phi) is 9.49. The van der Waals surface area contributed by atoms with Crippen LogP contribution in [0.3, 0.4) is 0 Å². The van der Waals surface area contributed by atoms with Gasteiger partial charge in [-0.3, -0.25) is 4.99 Å². The van der Waals surface area contributed by atoms with Gasteiger partial charge in [0.1, 0.15) is 5.82 Å². The molecule has 9 heteroatoms. The first-order valence-corrected chi connectivity index (χ1v) is 11.8. The minimum atomic E-state index is -3.29. The van der Waals surface area contributed by atoms with Gasteiger partial charge in [-0.15, -0.1) is 0 Å². The molecule has 0 aromatic carbocycles. The number of nitrogens with zero attached hydrogens (tertiary/aromatic N) is 4. The van der Waals surface area contributed by atoms with Gasteiger partial charge in [0, 0.05) is 52.0 Å². The summed E-state index contributed by atoms with van der Waals surface area (Å²) in [6.07, 6.45) is 5.12. The Labute approximate surface area is 169 Å². The third kappa shape index (κ3) is 7.27. The Morgan fingerprint density at radius 2 is 1.93 bits per heavy atom. The Morgan fingerprint density at radius 3 is 2.57 bits per heavy atom. The SMILES string of the molecule is CCCCCN=C(NCC)NCCS(=O)(=O)N1CCN(c2ccccn2)CC1. The van der Waals surface area contributed by atoms with Crippen molar-refractivity contribution < 1.29 is 8.42 Å². The van der Waals surface area contributed by atoms with Gasteiger partial charge in [0.05, 0.1) is 5.75 Å². The molecule has 1 aromatic rings. The van der Waals surface area contributed by atoms with Crippen molar-refractivity contribution in [3.8, 4) is 0 Å². The zero-order valence-corrected chi connectivity index (χ0v) is 17.9. The molecule has 0 saturated carbocycles. The second-order valence-corrected chi connectivity index (χ2v) is 8.87. The molecule has 0 atom stereocenters. The van der Waals surface area contributed by atoms with Gasteiger partial charge in [-0.25, -0.2) is 13.4 Å². The molecular weight excluding hydrogens is 376 g/mol. The van der Waals surface area contributed by atoms with Crippen molar-refractivity contribution in [3.05, 3.63) is 24.4 Å². The van der Waals surface area contributed by atoms with Crippen LogP contribution in [0.25, 0.3) is 0 Å². The summed E-state index contributed by atoms with van der Waals surface area (Å²) in [5.74, 6) is 1.65. The van der Waals surface area contributed by atoms with Crippen LogP contribution in [0.1, 0.15) is 33.1 Å². The molecule has 28 heavy (non-hydrogen) atoms. The minimum Gasteiger partial charge on any atom is -0.357 e. The topological polar surface area (TPSA) is 89.9 Å². The number of pyridine rings is 1. The fraction of sp³-hybridized carbons (Fsp3) is 0.684. The van der Waals surface area contributed by atoms with E-state index < -0.39 is 10.0 Å². The maximum Gasteiger partial charge on any atom is 0.215 e. The van der Waals surface area contributed by atoms with Gasteiger partial charge in [-0.05, 0) is 25.5 Å².